The van der Waals surface area contributed by atoms with Gasteiger partial charge in [0.15, 0.2) is 5.82 Å². The van der Waals surface area contributed by atoms with E-state index < -0.39 is 5.25 Å². The fourth-order valence-corrected chi connectivity index (χ4v) is 4.38. The maximum absolute atomic E-state index is 13.4. The van der Waals surface area contributed by atoms with Gasteiger partial charge in [0, 0.05) is 12.1 Å². The van der Waals surface area contributed by atoms with Crippen LogP contribution < -0.4 is 10.7 Å². The number of nitrogens with zero attached hydrogens (tertiary/aromatic N) is 3. The lowest BCUT2D eigenvalue weighted by Gasteiger charge is -2.33. The Bertz CT molecular complexity index is 1000. The van der Waals surface area contributed by atoms with Crippen molar-refractivity contribution < 1.29 is 9.18 Å². The smallest absolute Gasteiger partial charge is 0.240 e. The van der Waals surface area contributed by atoms with Gasteiger partial charge >= 0.3 is 0 Å². The van der Waals surface area contributed by atoms with Crippen molar-refractivity contribution in [1.29, 1.82) is 0 Å². The van der Waals surface area contributed by atoms with Crippen LogP contribution in [0.25, 0.3) is 0 Å². The van der Waals surface area contributed by atoms with Crippen molar-refractivity contribution in [3.8, 4) is 0 Å². The first-order chi connectivity index (χ1) is 14.1. The molecule has 1 aliphatic heterocycles. The summed E-state index contributed by atoms with van der Waals surface area (Å²) in [6, 6.07) is 13.7. The molecule has 0 saturated carbocycles. The largest absolute Gasteiger partial charge is 0.325 e. The maximum Gasteiger partial charge on any atom is 0.240 e. The molecule has 1 aliphatic rings. The highest BCUT2D eigenvalue weighted by Crippen LogP contribution is 2.37. The van der Waals surface area contributed by atoms with Crippen LogP contribution >= 0.6 is 11.8 Å². The number of thioether (sulfide) groups is 1. The number of benzene rings is 2. The highest BCUT2D eigenvalue weighted by atomic mass is 32.2. The maximum atomic E-state index is 13.4. The molecule has 0 aliphatic carbocycles. The molecule has 150 valence electrons. The summed E-state index contributed by atoms with van der Waals surface area (Å²) < 4.78 is 15.3. The van der Waals surface area contributed by atoms with Gasteiger partial charge in [0.25, 0.3) is 0 Å². The first-order valence-electron chi connectivity index (χ1n) is 9.61. The van der Waals surface area contributed by atoms with Crippen LogP contribution in [0.1, 0.15) is 36.8 Å². The predicted molar refractivity (Wildman–Crippen MR) is 112 cm³/mol. The number of halogens is 1. The molecule has 0 spiro atoms. The van der Waals surface area contributed by atoms with E-state index in [0.717, 1.165) is 23.5 Å². The highest BCUT2D eigenvalue weighted by molar-refractivity contribution is 8.00. The van der Waals surface area contributed by atoms with Gasteiger partial charge in [-0.1, -0.05) is 49.9 Å². The summed E-state index contributed by atoms with van der Waals surface area (Å²) in [4.78, 5) is 13.2. The number of amides is 1. The van der Waals surface area contributed by atoms with Crippen LogP contribution in [0, 0.1) is 5.82 Å². The summed E-state index contributed by atoms with van der Waals surface area (Å²) in [6.45, 7) is 4.08. The zero-order valence-electron chi connectivity index (χ0n) is 16.2. The minimum absolute atomic E-state index is 0.145. The summed E-state index contributed by atoms with van der Waals surface area (Å²) >= 11 is 1.36. The van der Waals surface area contributed by atoms with Crippen molar-refractivity contribution in [2.45, 2.75) is 43.1 Å². The fraction of sp³-hybridized carbons (Fsp3) is 0.286. The van der Waals surface area contributed by atoms with E-state index in [9.17, 15) is 9.18 Å². The molecule has 0 bridgehead atoms. The molecule has 2 aromatic carbocycles. The molecule has 2 N–H and O–H groups in total. The molecule has 29 heavy (non-hydrogen) atoms. The molecule has 2 atom stereocenters. The number of aryl methyl sites for hydroxylation is 2. The summed E-state index contributed by atoms with van der Waals surface area (Å²) in [6.07, 6.45) is 1.65. The van der Waals surface area contributed by atoms with Crippen LogP contribution in [-0.4, -0.2) is 26.0 Å². The Morgan fingerprint density at radius 3 is 2.48 bits per heavy atom. The Morgan fingerprint density at radius 2 is 1.83 bits per heavy atom. The van der Waals surface area contributed by atoms with Crippen LogP contribution in [-0.2, 0) is 17.6 Å². The Balaban J connectivity index is 1.63. The lowest BCUT2D eigenvalue weighted by molar-refractivity contribution is -0.116. The summed E-state index contributed by atoms with van der Waals surface area (Å²) in [5.74, 6) is 0.329. The SMILES string of the molecule is CCc1ccc(NC(=O)[C@H]2Sc3nnc(CC)n3N[C@H]2c2ccc(F)cc2)cc1. The number of hydrogen-bond acceptors (Lipinski definition) is 5. The summed E-state index contributed by atoms with van der Waals surface area (Å²) in [7, 11) is 0. The van der Waals surface area contributed by atoms with Gasteiger partial charge in [0.1, 0.15) is 11.1 Å². The monoisotopic (exact) mass is 411 g/mol. The lowest BCUT2D eigenvalue weighted by Crippen LogP contribution is -2.41. The molecule has 8 heteroatoms. The molecule has 0 unspecified atom stereocenters. The van der Waals surface area contributed by atoms with Gasteiger partial charge in [-0.05, 0) is 41.8 Å². The van der Waals surface area contributed by atoms with E-state index in [1.807, 2.05) is 35.9 Å². The van der Waals surface area contributed by atoms with Gasteiger partial charge in [-0.3, -0.25) is 4.79 Å². The molecule has 1 amide bonds. The Labute approximate surface area is 172 Å². The minimum Gasteiger partial charge on any atom is -0.325 e. The normalized spacial score (nSPS) is 18.0. The zero-order chi connectivity index (χ0) is 20.4. The average molecular weight is 412 g/mol. The van der Waals surface area contributed by atoms with Crippen molar-refractivity contribution in [3.63, 3.8) is 0 Å². The molecule has 6 nitrogen and oxygen atoms in total. The zero-order valence-corrected chi connectivity index (χ0v) is 17.0. The number of anilines is 1. The number of carbonyl (C=O) groups excluding carboxylic acids is 1. The minimum atomic E-state index is -0.493. The standard InChI is InChI=1S/C21H22FN5OS/c1-3-13-5-11-16(12-6-13)23-20(28)19-18(14-7-9-15(22)10-8-14)26-27-17(4-2)24-25-21(27)29-19/h5-12,18-19,26H,3-4H2,1-2H3,(H,23,28)/t18-,19-/m0/s1. The van der Waals surface area contributed by atoms with Gasteiger partial charge in [0.2, 0.25) is 11.1 Å². The first-order valence-corrected chi connectivity index (χ1v) is 10.5. The molecule has 1 aromatic heterocycles. The van der Waals surface area contributed by atoms with Crippen molar-refractivity contribution >= 4 is 23.4 Å². The first kappa shape index (κ1) is 19.4. The van der Waals surface area contributed by atoms with E-state index in [2.05, 4.69) is 27.9 Å². The van der Waals surface area contributed by atoms with E-state index in [-0.39, 0.29) is 17.8 Å². The van der Waals surface area contributed by atoms with Gasteiger partial charge in [-0.15, -0.1) is 10.2 Å². The van der Waals surface area contributed by atoms with Crippen molar-refractivity contribution in [2.24, 2.45) is 0 Å². The number of aromatic nitrogens is 3. The van der Waals surface area contributed by atoms with Crippen LogP contribution in [0.5, 0.6) is 0 Å². The van der Waals surface area contributed by atoms with E-state index in [1.165, 1.54) is 29.5 Å². The molecule has 3 aromatic rings. The average Bonchev–Trinajstić information content (AvgIpc) is 3.16. The Kier molecular flexibility index (Phi) is 5.53. The Hall–Kier alpha value is -2.87. The van der Waals surface area contributed by atoms with Crippen LogP contribution in [0.4, 0.5) is 10.1 Å². The van der Waals surface area contributed by atoms with Gasteiger partial charge in [-0.25, -0.2) is 9.07 Å². The fourth-order valence-electron chi connectivity index (χ4n) is 3.29. The number of fused-ring (bicyclic) bond motifs is 1. The van der Waals surface area contributed by atoms with Gasteiger partial charge in [-0.2, -0.15) is 0 Å². The van der Waals surface area contributed by atoms with E-state index >= 15 is 0 Å². The van der Waals surface area contributed by atoms with Gasteiger partial charge < -0.3 is 10.7 Å². The second kappa shape index (κ2) is 8.24. The third kappa shape index (κ3) is 3.98. The van der Waals surface area contributed by atoms with Crippen LogP contribution in [0.3, 0.4) is 0 Å². The molecule has 0 saturated heterocycles. The molecule has 4 rings (SSSR count). The molecular formula is C21H22FN5OS. The molecule has 2 heterocycles. The number of rotatable bonds is 5. The number of carbonyl (C=O) groups is 1. The second-order valence-corrected chi connectivity index (χ2v) is 7.93. The highest BCUT2D eigenvalue weighted by Gasteiger charge is 2.37. The van der Waals surface area contributed by atoms with E-state index in [1.54, 1.807) is 12.1 Å². The van der Waals surface area contributed by atoms with E-state index in [4.69, 9.17) is 0 Å². The summed E-state index contributed by atoms with van der Waals surface area (Å²) in [5, 5.41) is 11.5. The van der Waals surface area contributed by atoms with Crippen molar-refractivity contribution in [1.82, 2.24) is 14.9 Å². The van der Waals surface area contributed by atoms with Crippen molar-refractivity contribution in [2.75, 3.05) is 10.7 Å². The quantitative estimate of drug-likeness (QED) is 0.665. The molecule has 0 radical (unpaired) electrons. The summed E-state index contributed by atoms with van der Waals surface area (Å²) in [5.41, 5.74) is 6.13. The third-order valence-corrected chi connectivity index (χ3v) is 6.15. The lowest BCUT2D eigenvalue weighted by atomic mass is 10.0. The third-order valence-electron chi connectivity index (χ3n) is 4.94. The number of nitrogens with one attached hydrogen (secondary N) is 2. The Morgan fingerprint density at radius 1 is 1.10 bits per heavy atom. The molecule has 0 fully saturated rings. The van der Waals surface area contributed by atoms with Crippen molar-refractivity contribution in [3.05, 3.63) is 71.3 Å². The molecular weight excluding hydrogens is 389 g/mol. The predicted octanol–water partition coefficient (Wildman–Crippen LogP) is 3.94. The van der Waals surface area contributed by atoms with Gasteiger partial charge in [0.05, 0.1) is 6.04 Å². The van der Waals surface area contributed by atoms with Crippen LogP contribution in [0.15, 0.2) is 53.7 Å². The second-order valence-electron chi connectivity index (χ2n) is 6.82. The topological polar surface area (TPSA) is 71.8 Å². The van der Waals surface area contributed by atoms with Crippen LogP contribution in [0.2, 0.25) is 0 Å². The van der Waals surface area contributed by atoms with E-state index in [0.29, 0.717) is 11.6 Å². The number of hydrogen-bond donors (Lipinski definition) is 2.